The van der Waals surface area contributed by atoms with Crippen LogP contribution in [0.15, 0.2) is 71.6 Å². The number of rotatable bonds is 8. The second kappa shape index (κ2) is 13.4. The molecule has 3 aromatic carbocycles. The Hall–Kier alpha value is -4.30. The molecule has 45 heavy (non-hydrogen) atoms. The Balaban J connectivity index is 1.57. The highest BCUT2D eigenvalue weighted by molar-refractivity contribution is 7.92. The maximum absolute atomic E-state index is 13.7. The molecule has 3 atom stereocenters. The third kappa shape index (κ3) is 8.05. The zero-order chi connectivity index (χ0) is 33.1. The molecular formula is C31H35F3N4O6S. The molecule has 0 unspecified atom stereocenters. The molecule has 0 bridgehead atoms. The van der Waals surface area contributed by atoms with E-state index in [-0.39, 0.29) is 53.2 Å². The number of nitrogens with one attached hydrogen (secondary N) is 2. The van der Waals surface area contributed by atoms with E-state index in [4.69, 9.17) is 4.74 Å². The largest absolute Gasteiger partial charge is 0.487 e. The van der Waals surface area contributed by atoms with Crippen molar-refractivity contribution in [3.63, 3.8) is 0 Å². The van der Waals surface area contributed by atoms with Gasteiger partial charge in [0.25, 0.3) is 15.9 Å². The van der Waals surface area contributed by atoms with Crippen LogP contribution < -0.4 is 14.8 Å². The third-order valence-corrected chi connectivity index (χ3v) is 8.91. The van der Waals surface area contributed by atoms with E-state index in [0.717, 1.165) is 29.8 Å². The summed E-state index contributed by atoms with van der Waals surface area (Å²) in [5, 5.41) is 12.5. The SMILES string of the molecule is Cc1ccc(S(=O)(=O)Nc2ccc3c(c2)C(=O)N([C@H](C)CO)C[C@@H](C)[C@@H](CN(C)C(=O)Nc2ccc(C(F)(F)F)cc2)O3)cc1. The van der Waals surface area contributed by atoms with Gasteiger partial charge in [0.1, 0.15) is 11.9 Å². The zero-order valence-corrected chi connectivity index (χ0v) is 25.9. The quantitative estimate of drug-likeness (QED) is 0.308. The number of sulfonamides is 1. The van der Waals surface area contributed by atoms with Gasteiger partial charge in [0, 0.05) is 30.9 Å². The number of carbonyl (C=O) groups is 2. The molecule has 14 heteroatoms. The second-order valence-corrected chi connectivity index (χ2v) is 12.8. The molecule has 242 valence electrons. The number of nitrogens with zero attached hydrogens (tertiary/aromatic N) is 2. The van der Waals surface area contributed by atoms with E-state index in [1.807, 2.05) is 13.8 Å². The van der Waals surface area contributed by atoms with Gasteiger partial charge in [0.05, 0.1) is 35.2 Å². The number of aliphatic hydroxyl groups is 1. The maximum Gasteiger partial charge on any atom is 0.416 e. The molecule has 10 nitrogen and oxygen atoms in total. The first kappa shape index (κ1) is 33.6. The van der Waals surface area contributed by atoms with Crippen molar-refractivity contribution in [2.45, 2.75) is 44.0 Å². The van der Waals surface area contributed by atoms with Gasteiger partial charge in [0.2, 0.25) is 0 Å². The summed E-state index contributed by atoms with van der Waals surface area (Å²) in [5.74, 6) is -0.653. The Morgan fingerprint density at radius 1 is 1.09 bits per heavy atom. The molecule has 0 aliphatic carbocycles. The van der Waals surface area contributed by atoms with Crippen molar-refractivity contribution in [1.82, 2.24) is 9.80 Å². The number of urea groups is 1. The highest BCUT2D eigenvalue weighted by Crippen LogP contribution is 2.32. The Labute approximate surface area is 259 Å². The van der Waals surface area contributed by atoms with Crippen LogP contribution in [0.4, 0.5) is 29.3 Å². The van der Waals surface area contributed by atoms with E-state index in [1.54, 1.807) is 19.1 Å². The zero-order valence-electron chi connectivity index (χ0n) is 25.1. The number of amides is 3. The van der Waals surface area contributed by atoms with E-state index in [9.17, 15) is 36.3 Å². The van der Waals surface area contributed by atoms with Crippen LogP contribution in [-0.4, -0.2) is 74.2 Å². The van der Waals surface area contributed by atoms with Crippen LogP contribution in [0, 0.1) is 12.8 Å². The molecule has 3 N–H and O–H groups in total. The highest BCUT2D eigenvalue weighted by Gasteiger charge is 2.34. The highest BCUT2D eigenvalue weighted by atomic mass is 32.2. The van der Waals surface area contributed by atoms with Gasteiger partial charge in [-0.2, -0.15) is 13.2 Å². The topological polar surface area (TPSA) is 128 Å². The van der Waals surface area contributed by atoms with Gasteiger partial charge in [-0.3, -0.25) is 9.52 Å². The molecule has 0 fully saturated rings. The summed E-state index contributed by atoms with van der Waals surface area (Å²) in [5.41, 5.74) is 0.411. The van der Waals surface area contributed by atoms with Crippen molar-refractivity contribution >= 4 is 33.3 Å². The number of carbonyl (C=O) groups excluding carboxylic acids is 2. The minimum Gasteiger partial charge on any atom is -0.487 e. The summed E-state index contributed by atoms with van der Waals surface area (Å²) in [4.78, 5) is 29.5. The maximum atomic E-state index is 13.7. The minimum atomic E-state index is -4.50. The molecule has 4 rings (SSSR count). The molecule has 1 heterocycles. The normalized spacial score (nSPS) is 17.8. The Morgan fingerprint density at radius 3 is 2.31 bits per heavy atom. The lowest BCUT2D eigenvalue weighted by Gasteiger charge is -2.38. The summed E-state index contributed by atoms with van der Waals surface area (Å²) < 4.78 is 73.5. The van der Waals surface area contributed by atoms with Crippen molar-refractivity contribution in [3.8, 4) is 5.75 Å². The van der Waals surface area contributed by atoms with E-state index in [2.05, 4.69) is 10.0 Å². The Morgan fingerprint density at radius 2 is 1.71 bits per heavy atom. The molecule has 3 amide bonds. The molecule has 0 aromatic heterocycles. The summed E-state index contributed by atoms with van der Waals surface area (Å²) >= 11 is 0. The van der Waals surface area contributed by atoms with Gasteiger partial charge in [-0.05, 0) is 68.4 Å². The number of halogens is 3. The lowest BCUT2D eigenvalue weighted by molar-refractivity contribution is -0.137. The summed E-state index contributed by atoms with van der Waals surface area (Å²) in [6, 6.07) is 13.5. The number of likely N-dealkylation sites (N-methyl/N-ethyl adjacent to an activating group) is 1. The van der Waals surface area contributed by atoms with Gasteiger partial charge in [-0.1, -0.05) is 24.6 Å². The third-order valence-electron chi connectivity index (χ3n) is 7.51. The van der Waals surface area contributed by atoms with E-state index in [0.29, 0.717) is 0 Å². The van der Waals surface area contributed by atoms with E-state index in [1.165, 1.54) is 47.2 Å². The molecule has 1 aliphatic rings. The van der Waals surface area contributed by atoms with Crippen LogP contribution in [0.2, 0.25) is 0 Å². The number of aliphatic hydroxyl groups excluding tert-OH is 1. The predicted octanol–water partition coefficient (Wildman–Crippen LogP) is 5.20. The number of benzene rings is 3. The van der Waals surface area contributed by atoms with Crippen LogP contribution in [0.5, 0.6) is 5.75 Å². The first-order valence-corrected chi connectivity index (χ1v) is 15.6. The van der Waals surface area contributed by atoms with Gasteiger partial charge < -0.3 is 25.0 Å². The minimum absolute atomic E-state index is 0.0322. The van der Waals surface area contributed by atoms with Crippen LogP contribution in [-0.2, 0) is 16.2 Å². The van der Waals surface area contributed by atoms with Crippen molar-refractivity contribution < 1.29 is 41.0 Å². The number of ether oxygens (including phenoxy) is 1. The number of aryl methyl sites for hydroxylation is 1. The molecule has 0 radical (unpaired) electrons. The van der Waals surface area contributed by atoms with Crippen LogP contribution >= 0.6 is 0 Å². The van der Waals surface area contributed by atoms with Gasteiger partial charge >= 0.3 is 12.2 Å². The van der Waals surface area contributed by atoms with Crippen LogP contribution in [0.1, 0.15) is 35.3 Å². The number of hydrogen-bond donors (Lipinski definition) is 3. The molecule has 3 aromatic rings. The lowest BCUT2D eigenvalue weighted by atomic mass is 9.99. The molecule has 0 saturated heterocycles. The van der Waals surface area contributed by atoms with Crippen molar-refractivity contribution in [1.29, 1.82) is 0 Å². The van der Waals surface area contributed by atoms with Crippen LogP contribution in [0.25, 0.3) is 0 Å². The number of fused-ring (bicyclic) bond motifs is 1. The Kier molecular flexibility index (Phi) is 9.98. The monoisotopic (exact) mass is 648 g/mol. The smallest absolute Gasteiger partial charge is 0.416 e. The molecule has 0 spiro atoms. The number of alkyl halides is 3. The fourth-order valence-electron chi connectivity index (χ4n) is 4.75. The number of hydrogen-bond acceptors (Lipinski definition) is 6. The fraction of sp³-hybridized carbons (Fsp3) is 0.355. The second-order valence-electron chi connectivity index (χ2n) is 11.1. The standard InChI is InChI=1S/C31H35F3N4O6S/c1-19-5-12-25(13-6-19)45(42,43)36-24-11-14-27-26(15-24)29(40)38(21(3)18-39)16-20(2)28(44-27)17-37(4)30(41)35-23-9-7-22(8-10-23)31(32,33)34/h5-15,20-21,28,36,39H,16-18H2,1-4H3,(H,35,41)/t20-,21-,28-/m1/s1. The lowest BCUT2D eigenvalue weighted by Crippen LogP contribution is -2.50. The van der Waals surface area contributed by atoms with Gasteiger partial charge in [0.15, 0.2) is 0 Å². The molecule has 0 saturated carbocycles. The van der Waals surface area contributed by atoms with Gasteiger partial charge in [-0.15, -0.1) is 0 Å². The van der Waals surface area contributed by atoms with Crippen LogP contribution in [0.3, 0.4) is 0 Å². The number of anilines is 2. The van der Waals surface area contributed by atoms with Gasteiger partial charge in [-0.25, -0.2) is 13.2 Å². The summed E-state index contributed by atoms with van der Waals surface area (Å²) in [7, 11) is -2.47. The van der Waals surface area contributed by atoms with Crippen molar-refractivity contribution in [2.24, 2.45) is 5.92 Å². The molecular weight excluding hydrogens is 613 g/mol. The van der Waals surface area contributed by atoms with E-state index < -0.39 is 45.8 Å². The molecule has 1 aliphatic heterocycles. The summed E-state index contributed by atoms with van der Waals surface area (Å²) in [6.45, 7) is 5.19. The first-order valence-electron chi connectivity index (χ1n) is 14.1. The van der Waals surface area contributed by atoms with E-state index >= 15 is 0 Å². The average molecular weight is 649 g/mol. The predicted molar refractivity (Wildman–Crippen MR) is 163 cm³/mol. The fourth-order valence-corrected chi connectivity index (χ4v) is 5.80. The summed E-state index contributed by atoms with van der Waals surface area (Å²) in [6.07, 6.45) is -5.17. The Bertz CT molecular complexity index is 1630. The van der Waals surface area contributed by atoms with Crippen molar-refractivity contribution in [3.05, 3.63) is 83.4 Å². The average Bonchev–Trinajstić information content (AvgIpc) is 2.98. The first-order chi connectivity index (χ1) is 21.1. The van der Waals surface area contributed by atoms with Crippen molar-refractivity contribution in [2.75, 3.05) is 36.8 Å².